The van der Waals surface area contributed by atoms with Crippen molar-refractivity contribution in [2.75, 3.05) is 10.6 Å². The number of carbonyl (C=O) groups excluding carboxylic acids is 2. The molecule has 1 aromatic heterocycles. The first-order valence-corrected chi connectivity index (χ1v) is 10.6. The van der Waals surface area contributed by atoms with Crippen LogP contribution in [-0.2, 0) is 4.79 Å². The van der Waals surface area contributed by atoms with E-state index in [0.717, 1.165) is 31.4 Å². The number of amides is 2. The van der Waals surface area contributed by atoms with Crippen LogP contribution in [0.15, 0.2) is 59.5 Å². The van der Waals surface area contributed by atoms with Crippen LogP contribution in [-0.4, -0.2) is 21.4 Å². The Labute approximate surface area is 180 Å². The van der Waals surface area contributed by atoms with Crippen molar-refractivity contribution in [1.82, 2.24) is 9.55 Å². The highest BCUT2D eigenvalue weighted by molar-refractivity contribution is 6.06. The van der Waals surface area contributed by atoms with Gasteiger partial charge in [0.05, 0.1) is 11.4 Å². The maximum absolute atomic E-state index is 12.9. The molecule has 3 aromatic rings. The lowest BCUT2D eigenvalue weighted by Crippen LogP contribution is -2.25. The van der Waals surface area contributed by atoms with Gasteiger partial charge in [0.1, 0.15) is 0 Å². The van der Waals surface area contributed by atoms with E-state index >= 15 is 0 Å². The summed E-state index contributed by atoms with van der Waals surface area (Å²) in [7, 11) is 0. The van der Waals surface area contributed by atoms with Gasteiger partial charge in [-0.25, -0.2) is 4.79 Å². The normalized spacial score (nSPS) is 14.2. The second kappa shape index (κ2) is 9.04. The van der Waals surface area contributed by atoms with Crippen molar-refractivity contribution in [3.8, 4) is 5.69 Å². The number of imidazole rings is 1. The van der Waals surface area contributed by atoms with E-state index in [0.29, 0.717) is 22.6 Å². The Hall–Kier alpha value is -3.61. The molecular weight excluding hydrogens is 392 g/mol. The Balaban J connectivity index is 1.52. The van der Waals surface area contributed by atoms with Crippen molar-refractivity contribution >= 4 is 23.2 Å². The number of H-pyrrole nitrogens is 1. The number of nitrogens with zero attached hydrogens (tertiary/aromatic N) is 1. The fourth-order valence-corrected chi connectivity index (χ4v) is 4.07. The number of anilines is 2. The molecule has 3 N–H and O–H groups in total. The number of rotatable bonds is 5. The number of carbonyl (C=O) groups is 2. The van der Waals surface area contributed by atoms with E-state index in [1.54, 1.807) is 48.7 Å². The molecule has 0 unspecified atom stereocenters. The van der Waals surface area contributed by atoms with E-state index in [4.69, 9.17) is 0 Å². The number of hydrogen-bond acceptors (Lipinski definition) is 3. The van der Waals surface area contributed by atoms with E-state index < -0.39 is 0 Å². The highest BCUT2D eigenvalue weighted by Gasteiger charge is 2.21. The van der Waals surface area contributed by atoms with Crippen molar-refractivity contribution < 1.29 is 9.59 Å². The Kier molecular flexibility index (Phi) is 6.02. The summed E-state index contributed by atoms with van der Waals surface area (Å²) in [5.74, 6) is -0.256. The molecule has 4 rings (SSSR count). The average Bonchev–Trinajstić information content (AvgIpc) is 3.13. The van der Waals surface area contributed by atoms with Crippen LogP contribution in [0.5, 0.6) is 0 Å². The molecule has 2 amide bonds. The van der Waals surface area contributed by atoms with Crippen molar-refractivity contribution in [2.24, 2.45) is 5.92 Å². The number of nitrogens with one attached hydrogen (secondary N) is 3. The number of para-hydroxylation sites is 2. The molecule has 1 aliphatic carbocycles. The number of aryl methyl sites for hydroxylation is 1. The number of aromatic nitrogens is 2. The average molecular weight is 418 g/mol. The molecular formula is C24H26N4O3. The Morgan fingerprint density at radius 1 is 1.00 bits per heavy atom. The van der Waals surface area contributed by atoms with Gasteiger partial charge in [-0.2, -0.15) is 0 Å². The Bertz CT molecular complexity index is 1160. The van der Waals surface area contributed by atoms with Gasteiger partial charge in [0.25, 0.3) is 5.91 Å². The molecule has 1 saturated carbocycles. The first kappa shape index (κ1) is 20.7. The molecule has 7 heteroatoms. The van der Waals surface area contributed by atoms with Crippen molar-refractivity contribution in [3.63, 3.8) is 0 Å². The summed E-state index contributed by atoms with van der Waals surface area (Å²) in [4.78, 5) is 40.3. The molecule has 31 heavy (non-hydrogen) atoms. The van der Waals surface area contributed by atoms with Crippen LogP contribution in [0.3, 0.4) is 0 Å². The first-order chi connectivity index (χ1) is 15.0. The van der Waals surface area contributed by atoms with Crippen LogP contribution >= 0.6 is 0 Å². The largest absolute Gasteiger partial charge is 0.330 e. The van der Waals surface area contributed by atoms with Crippen LogP contribution in [0.4, 0.5) is 11.4 Å². The lowest BCUT2D eigenvalue weighted by atomic mass is 9.88. The van der Waals surface area contributed by atoms with Gasteiger partial charge in [-0.05, 0) is 50.1 Å². The van der Waals surface area contributed by atoms with Crippen LogP contribution in [0.25, 0.3) is 5.69 Å². The maximum Gasteiger partial charge on any atom is 0.330 e. The lowest BCUT2D eigenvalue weighted by molar-refractivity contribution is -0.120. The molecule has 0 atom stereocenters. The van der Waals surface area contributed by atoms with Gasteiger partial charge in [-0.1, -0.05) is 37.5 Å². The Morgan fingerprint density at radius 2 is 1.77 bits per heavy atom. The second-order valence-corrected chi connectivity index (χ2v) is 7.95. The summed E-state index contributed by atoms with van der Waals surface area (Å²) in [6, 6.07) is 14.0. The van der Waals surface area contributed by atoms with Gasteiger partial charge < -0.3 is 15.6 Å². The summed E-state index contributed by atoms with van der Waals surface area (Å²) < 4.78 is 1.51. The van der Waals surface area contributed by atoms with Gasteiger partial charge in [0, 0.05) is 29.1 Å². The smallest absolute Gasteiger partial charge is 0.326 e. The van der Waals surface area contributed by atoms with Crippen LogP contribution in [0.2, 0.25) is 0 Å². The first-order valence-electron chi connectivity index (χ1n) is 10.6. The lowest BCUT2D eigenvalue weighted by Gasteiger charge is -2.20. The minimum atomic E-state index is -0.317. The van der Waals surface area contributed by atoms with Crippen molar-refractivity contribution in [2.45, 2.75) is 39.0 Å². The summed E-state index contributed by atoms with van der Waals surface area (Å²) in [5.41, 5.74) is 2.60. The maximum atomic E-state index is 12.9. The van der Waals surface area contributed by atoms with Crippen molar-refractivity contribution in [3.05, 3.63) is 76.5 Å². The predicted octanol–water partition coefficient (Wildman–Crippen LogP) is 4.25. The van der Waals surface area contributed by atoms with Gasteiger partial charge >= 0.3 is 5.69 Å². The highest BCUT2D eigenvalue weighted by Crippen LogP contribution is 2.25. The van der Waals surface area contributed by atoms with E-state index in [2.05, 4.69) is 15.6 Å². The minimum Gasteiger partial charge on any atom is -0.326 e. The monoisotopic (exact) mass is 418 g/mol. The number of benzene rings is 2. The summed E-state index contributed by atoms with van der Waals surface area (Å²) >= 11 is 0. The molecule has 1 heterocycles. The minimum absolute atomic E-state index is 0.0184. The SMILES string of the molecule is Cc1c[nH]c(=O)n1-c1ccccc1NC(=O)c1cccc(NC(=O)C2CCCCC2)c1. The standard InChI is InChI=1S/C24H26N4O3/c1-16-15-25-24(31)28(16)21-13-6-5-12-20(21)27-23(30)18-10-7-11-19(14-18)26-22(29)17-8-3-2-4-9-17/h5-7,10-15,17H,2-4,8-9H2,1H3,(H,25,31)(H,26,29)(H,27,30). The van der Waals surface area contributed by atoms with Gasteiger partial charge in [0.15, 0.2) is 0 Å². The topological polar surface area (TPSA) is 96.0 Å². The predicted molar refractivity (Wildman–Crippen MR) is 121 cm³/mol. The molecule has 0 aliphatic heterocycles. The molecule has 1 fully saturated rings. The van der Waals surface area contributed by atoms with Crippen LogP contribution in [0, 0.1) is 12.8 Å². The molecule has 2 aromatic carbocycles. The second-order valence-electron chi connectivity index (χ2n) is 7.95. The molecule has 0 bridgehead atoms. The third-order valence-electron chi connectivity index (χ3n) is 5.72. The van der Waals surface area contributed by atoms with Crippen LogP contribution < -0.4 is 16.3 Å². The zero-order chi connectivity index (χ0) is 21.8. The highest BCUT2D eigenvalue weighted by atomic mass is 16.2. The van der Waals surface area contributed by atoms with Crippen LogP contribution in [0.1, 0.15) is 48.2 Å². The van der Waals surface area contributed by atoms with E-state index in [9.17, 15) is 14.4 Å². The van der Waals surface area contributed by atoms with Gasteiger partial charge in [0.2, 0.25) is 5.91 Å². The molecule has 160 valence electrons. The quantitative estimate of drug-likeness (QED) is 0.578. The number of hydrogen-bond donors (Lipinski definition) is 3. The van der Waals surface area contributed by atoms with E-state index in [1.807, 2.05) is 13.0 Å². The van der Waals surface area contributed by atoms with E-state index in [-0.39, 0.29) is 23.4 Å². The summed E-state index contributed by atoms with van der Waals surface area (Å²) in [5, 5.41) is 5.84. The zero-order valence-electron chi connectivity index (χ0n) is 17.5. The van der Waals surface area contributed by atoms with Gasteiger partial charge in [-0.3, -0.25) is 14.2 Å². The fourth-order valence-electron chi connectivity index (χ4n) is 4.07. The summed E-state index contributed by atoms with van der Waals surface area (Å²) in [6.45, 7) is 1.81. The fraction of sp³-hybridized carbons (Fsp3) is 0.292. The zero-order valence-corrected chi connectivity index (χ0v) is 17.5. The Morgan fingerprint density at radius 3 is 2.52 bits per heavy atom. The molecule has 1 aliphatic rings. The number of aromatic amines is 1. The molecule has 0 saturated heterocycles. The molecule has 0 spiro atoms. The molecule has 0 radical (unpaired) electrons. The third kappa shape index (κ3) is 4.60. The summed E-state index contributed by atoms with van der Waals surface area (Å²) in [6.07, 6.45) is 6.82. The third-order valence-corrected chi connectivity index (χ3v) is 5.72. The van der Waals surface area contributed by atoms with Crippen molar-refractivity contribution in [1.29, 1.82) is 0 Å². The van der Waals surface area contributed by atoms with Gasteiger partial charge in [-0.15, -0.1) is 0 Å². The molecule has 7 nitrogen and oxygen atoms in total. The van der Waals surface area contributed by atoms with E-state index in [1.165, 1.54) is 11.0 Å².